The van der Waals surface area contributed by atoms with Crippen LogP contribution in [0.2, 0.25) is 0 Å². The fourth-order valence-corrected chi connectivity index (χ4v) is 2.32. The summed E-state index contributed by atoms with van der Waals surface area (Å²) in [5.74, 6) is 1.10. The number of rotatable bonds is 5. The molecule has 0 aliphatic carbocycles. The Morgan fingerprint density at radius 2 is 1.96 bits per heavy atom. The Balaban J connectivity index is 1.68. The minimum absolute atomic E-state index is 0.470. The lowest BCUT2D eigenvalue weighted by Crippen LogP contribution is -2.06. The topological polar surface area (TPSA) is 75.6 Å². The maximum absolute atomic E-state index is 4.41. The predicted molar refractivity (Wildman–Crippen MR) is 93.6 cm³/mol. The molecule has 0 atom stereocenters. The zero-order valence-corrected chi connectivity index (χ0v) is 14.1. The predicted octanol–water partition coefficient (Wildman–Crippen LogP) is 3.69. The Morgan fingerprint density at radius 3 is 2.74 bits per heavy atom. The van der Waals surface area contributed by atoms with Gasteiger partial charge in [0.1, 0.15) is 0 Å². The van der Waals surface area contributed by atoms with Gasteiger partial charge in [-0.1, -0.05) is 22.0 Å². The van der Waals surface area contributed by atoms with Gasteiger partial charge in [-0.2, -0.15) is 10.1 Å². The first kappa shape index (κ1) is 15.4. The molecule has 0 fully saturated rings. The molecule has 7 heteroatoms. The molecule has 0 unspecified atom stereocenters. The molecule has 1 aromatic carbocycles. The summed E-state index contributed by atoms with van der Waals surface area (Å²) in [6, 6.07) is 9.90. The molecule has 3 rings (SSSR count). The fourth-order valence-electron chi connectivity index (χ4n) is 1.94. The van der Waals surface area contributed by atoms with Crippen LogP contribution >= 0.6 is 15.9 Å². The molecule has 2 heterocycles. The van der Waals surface area contributed by atoms with Crippen molar-refractivity contribution in [2.75, 3.05) is 10.6 Å². The number of aromatic nitrogens is 4. The van der Waals surface area contributed by atoms with Crippen molar-refractivity contribution in [2.45, 2.75) is 13.5 Å². The summed E-state index contributed by atoms with van der Waals surface area (Å²) in [6.07, 6.45) is 5.10. The van der Waals surface area contributed by atoms with Crippen molar-refractivity contribution >= 4 is 33.4 Å². The number of nitrogens with zero attached hydrogens (tertiary/aromatic N) is 4. The van der Waals surface area contributed by atoms with E-state index in [1.807, 2.05) is 37.3 Å². The van der Waals surface area contributed by atoms with E-state index in [1.165, 1.54) is 5.56 Å². The van der Waals surface area contributed by atoms with Crippen LogP contribution < -0.4 is 10.6 Å². The van der Waals surface area contributed by atoms with Gasteiger partial charge in [-0.3, -0.25) is 4.98 Å². The minimum Gasteiger partial charge on any atom is -0.349 e. The number of nitrogens with one attached hydrogen (secondary N) is 2. The van der Waals surface area contributed by atoms with Crippen molar-refractivity contribution in [3.8, 4) is 0 Å². The first-order valence-electron chi connectivity index (χ1n) is 7.06. The lowest BCUT2D eigenvalue weighted by molar-refractivity contribution is 0.948. The van der Waals surface area contributed by atoms with E-state index < -0.39 is 0 Å². The number of pyridine rings is 1. The van der Waals surface area contributed by atoms with Crippen molar-refractivity contribution in [1.82, 2.24) is 20.2 Å². The Morgan fingerprint density at radius 1 is 1.13 bits per heavy atom. The molecule has 0 spiro atoms. The highest BCUT2D eigenvalue weighted by atomic mass is 79.9. The number of anilines is 3. The van der Waals surface area contributed by atoms with Crippen molar-refractivity contribution in [3.63, 3.8) is 0 Å². The van der Waals surface area contributed by atoms with E-state index in [4.69, 9.17) is 0 Å². The zero-order valence-electron chi connectivity index (χ0n) is 12.5. The number of aryl methyl sites for hydroxylation is 1. The van der Waals surface area contributed by atoms with Crippen LogP contribution in [0.25, 0.3) is 0 Å². The lowest BCUT2D eigenvalue weighted by atomic mass is 10.2. The molecule has 116 valence electrons. The van der Waals surface area contributed by atoms with E-state index in [9.17, 15) is 0 Å². The van der Waals surface area contributed by atoms with E-state index in [0.29, 0.717) is 18.3 Å². The van der Waals surface area contributed by atoms with Crippen molar-refractivity contribution < 1.29 is 0 Å². The Bertz CT molecular complexity index is 794. The van der Waals surface area contributed by atoms with Gasteiger partial charge < -0.3 is 10.6 Å². The molecule has 3 aromatic rings. The van der Waals surface area contributed by atoms with Crippen LogP contribution in [0.1, 0.15) is 11.1 Å². The second-order valence-corrected chi connectivity index (χ2v) is 5.82. The van der Waals surface area contributed by atoms with Crippen molar-refractivity contribution in [1.29, 1.82) is 0 Å². The monoisotopic (exact) mass is 370 g/mol. The summed E-state index contributed by atoms with van der Waals surface area (Å²) in [6.45, 7) is 2.66. The standard InChI is InChI=1S/C16H15BrN6/c1-11-2-3-13(8-14(11)17)21-15-10-20-23-16(22-15)19-9-12-4-6-18-7-5-12/h2-8,10H,9H2,1H3,(H2,19,21,22,23). The summed E-state index contributed by atoms with van der Waals surface area (Å²) >= 11 is 3.52. The molecule has 2 aromatic heterocycles. The highest BCUT2D eigenvalue weighted by Crippen LogP contribution is 2.22. The van der Waals surface area contributed by atoms with Crippen molar-refractivity contribution in [3.05, 3.63) is 64.5 Å². The SMILES string of the molecule is Cc1ccc(Nc2cnnc(NCc3ccncc3)n2)cc1Br. The molecule has 0 saturated carbocycles. The molecule has 0 amide bonds. The maximum atomic E-state index is 4.41. The van der Waals surface area contributed by atoms with E-state index in [1.54, 1.807) is 18.6 Å². The largest absolute Gasteiger partial charge is 0.349 e. The average Bonchev–Trinajstić information content (AvgIpc) is 2.58. The number of hydrogen-bond acceptors (Lipinski definition) is 6. The molecule has 2 N–H and O–H groups in total. The number of halogens is 1. The first-order valence-corrected chi connectivity index (χ1v) is 7.86. The van der Waals surface area contributed by atoms with Crippen molar-refractivity contribution in [2.24, 2.45) is 0 Å². The highest BCUT2D eigenvalue weighted by molar-refractivity contribution is 9.10. The minimum atomic E-state index is 0.470. The second kappa shape index (κ2) is 7.15. The van der Waals surface area contributed by atoms with Gasteiger partial charge >= 0.3 is 0 Å². The van der Waals surface area contributed by atoms with Gasteiger partial charge in [-0.15, -0.1) is 5.10 Å². The highest BCUT2D eigenvalue weighted by Gasteiger charge is 2.03. The molecule has 0 radical (unpaired) electrons. The Kier molecular flexibility index (Phi) is 4.77. The third-order valence-corrected chi connectivity index (χ3v) is 4.06. The van der Waals surface area contributed by atoms with Crippen LogP contribution in [0.4, 0.5) is 17.5 Å². The van der Waals surface area contributed by atoms with Crippen LogP contribution in [0, 0.1) is 6.92 Å². The summed E-state index contributed by atoms with van der Waals surface area (Å²) in [5.41, 5.74) is 3.21. The van der Waals surface area contributed by atoms with Crippen LogP contribution in [0.5, 0.6) is 0 Å². The molecular weight excluding hydrogens is 356 g/mol. The summed E-state index contributed by atoms with van der Waals surface area (Å²) in [4.78, 5) is 8.40. The molecular formula is C16H15BrN6. The third-order valence-electron chi connectivity index (χ3n) is 3.20. The molecule has 6 nitrogen and oxygen atoms in total. The van der Waals surface area contributed by atoms with Gasteiger partial charge in [0.15, 0.2) is 5.82 Å². The molecule has 0 bridgehead atoms. The van der Waals surface area contributed by atoms with Gasteiger partial charge in [0.25, 0.3) is 0 Å². The van der Waals surface area contributed by atoms with Crippen LogP contribution in [0.3, 0.4) is 0 Å². The average molecular weight is 371 g/mol. The zero-order chi connectivity index (χ0) is 16.1. The maximum Gasteiger partial charge on any atom is 0.244 e. The quantitative estimate of drug-likeness (QED) is 0.713. The molecule has 0 saturated heterocycles. The van der Waals surface area contributed by atoms with Gasteiger partial charge in [0.2, 0.25) is 5.95 Å². The number of benzene rings is 1. The van der Waals surface area contributed by atoms with Gasteiger partial charge in [-0.25, -0.2) is 0 Å². The smallest absolute Gasteiger partial charge is 0.244 e. The van der Waals surface area contributed by atoms with E-state index in [2.05, 4.69) is 46.7 Å². The van der Waals surface area contributed by atoms with Gasteiger partial charge in [0.05, 0.1) is 6.20 Å². The fraction of sp³-hybridized carbons (Fsp3) is 0.125. The third kappa shape index (κ3) is 4.23. The second-order valence-electron chi connectivity index (χ2n) is 4.96. The normalized spacial score (nSPS) is 10.3. The molecule has 23 heavy (non-hydrogen) atoms. The van der Waals surface area contributed by atoms with E-state index in [0.717, 1.165) is 15.7 Å². The van der Waals surface area contributed by atoms with Crippen LogP contribution in [0.15, 0.2) is 53.4 Å². The first-order chi connectivity index (χ1) is 11.2. The summed E-state index contributed by atoms with van der Waals surface area (Å²) < 4.78 is 1.04. The number of hydrogen-bond donors (Lipinski definition) is 2. The lowest BCUT2D eigenvalue weighted by Gasteiger charge is -2.08. The Hall–Kier alpha value is -2.54. The van der Waals surface area contributed by atoms with E-state index >= 15 is 0 Å². The van der Waals surface area contributed by atoms with E-state index in [-0.39, 0.29) is 0 Å². The molecule has 0 aliphatic heterocycles. The van der Waals surface area contributed by atoms with Crippen LogP contribution in [-0.2, 0) is 6.54 Å². The van der Waals surface area contributed by atoms with Gasteiger partial charge in [-0.05, 0) is 42.3 Å². The molecule has 0 aliphatic rings. The van der Waals surface area contributed by atoms with Gasteiger partial charge in [0, 0.05) is 29.1 Å². The summed E-state index contributed by atoms with van der Waals surface area (Å²) in [7, 11) is 0. The summed E-state index contributed by atoms with van der Waals surface area (Å²) in [5, 5.41) is 14.3. The Labute approximate surface area is 142 Å². The van der Waals surface area contributed by atoms with Crippen LogP contribution in [-0.4, -0.2) is 20.2 Å².